The van der Waals surface area contributed by atoms with Crippen LogP contribution in [0.1, 0.15) is 34.6 Å². The summed E-state index contributed by atoms with van der Waals surface area (Å²) in [4.78, 5) is 0. The Bertz CT molecular complexity index is 110. The predicted octanol–water partition coefficient (Wildman–Crippen LogP) is -2.06. The van der Waals surface area contributed by atoms with E-state index in [9.17, 15) is 0 Å². The number of hydrogen-bond donors (Lipinski definition) is 0. The molecular weight excluding hydrogens is 342 g/mol. The van der Waals surface area contributed by atoms with Crippen molar-refractivity contribution in [1.82, 2.24) is 0 Å². The summed E-state index contributed by atoms with van der Waals surface area (Å²) in [7, 11) is 0. The van der Waals surface area contributed by atoms with Crippen LogP contribution in [0, 0.1) is 0 Å². The fourth-order valence-electron chi connectivity index (χ4n) is 0.957. The van der Waals surface area contributed by atoms with E-state index in [1.54, 1.807) is 6.92 Å². The SMILES string of the molecule is CC[O-].CC[O][Sn]([O]CC)([O]CC)[O]CC.[Na+]. The molecule has 0 rings (SSSR count). The first-order valence-corrected chi connectivity index (χ1v) is 10.5. The Morgan fingerprint density at radius 2 is 0.882 bits per heavy atom. The molecule has 0 saturated carbocycles. The summed E-state index contributed by atoms with van der Waals surface area (Å²) in [6.07, 6.45) is 0. The molecule has 0 aliphatic heterocycles. The molecule has 5 nitrogen and oxygen atoms in total. The standard InChI is InChI=1S/5C2H5O.Na.Sn/c5*1-2-3;;/h5*2H2,1H3;;/q5*-1;+1;+4. The minimum absolute atomic E-state index is 0. The van der Waals surface area contributed by atoms with Crippen LogP contribution in [-0.4, -0.2) is 53.1 Å². The van der Waals surface area contributed by atoms with Gasteiger partial charge in [0.2, 0.25) is 0 Å². The maximum atomic E-state index is 8.93. The first-order chi connectivity index (χ1) is 7.66. The van der Waals surface area contributed by atoms with Gasteiger partial charge in [-0.2, -0.15) is 0 Å². The Hall–Kier alpha value is 1.60. The van der Waals surface area contributed by atoms with Gasteiger partial charge in [0.05, 0.1) is 0 Å². The van der Waals surface area contributed by atoms with Crippen LogP contribution in [0.15, 0.2) is 0 Å². The van der Waals surface area contributed by atoms with Crippen molar-refractivity contribution in [2.24, 2.45) is 0 Å². The minimum Gasteiger partial charge on any atom is 1.00 e. The van der Waals surface area contributed by atoms with Gasteiger partial charge in [0.15, 0.2) is 0 Å². The minimum atomic E-state index is -3.56. The molecule has 0 N–H and O–H groups in total. The second-order valence-corrected chi connectivity index (χ2v) is 8.67. The third-order valence-corrected chi connectivity index (χ3v) is 8.62. The Labute approximate surface area is 134 Å². The van der Waals surface area contributed by atoms with Crippen LogP contribution in [0.2, 0.25) is 0 Å². The molecule has 0 aliphatic rings. The molecule has 0 aromatic rings. The van der Waals surface area contributed by atoms with Crippen molar-refractivity contribution >= 4 is 20.0 Å². The maximum absolute atomic E-state index is 8.93. The molecule has 0 radical (unpaired) electrons. The fourth-order valence-corrected chi connectivity index (χ4v) is 6.42. The molecule has 0 bridgehead atoms. The average Bonchev–Trinajstić information content (AvgIpc) is 2.20. The Morgan fingerprint density at radius 1 is 0.706 bits per heavy atom. The summed E-state index contributed by atoms with van der Waals surface area (Å²) in [5, 5.41) is 8.93. The van der Waals surface area contributed by atoms with Gasteiger partial charge in [0.1, 0.15) is 0 Å². The van der Waals surface area contributed by atoms with Crippen molar-refractivity contribution in [1.29, 1.82) is 0 Å². The smallest absolute Gasteiger partial charge is 1.00 e. The molecule has 17 heavy (non-hydrogen) atoms. The van der Waals surface area contributed by atoms with Gasteiger partial charge in [-0.1, -0.05) is 6.92 Å². The monoisotopic (exact) mass is 368 g/mol. The van der Waals surface area contributed by atoms with E-state index in [-0.39, 0.29) is 36.2 Å². The van der Waals surface area contributed by atoms with Crippen LogP contribution in [0.5, 0.6) is 0 Å². The van der Waals surface area contributed by atoms with E-state index in [1.165, 1.54) is 0 Å². The van der Waals surface area contributed by atoms with Crippen LogP contribution < -0.4 is 34.7 Å². The van der Waals surface area contributed by atoms with E-state index >= 15 is 0 Å². The van der Waals surface area contributed by atoms with Gasteiger partial charge in [0.25, 0.3) is 0 Å². The van der Waals surface area contributed by atoms with E-state index in [0.29, 0.717) is 26.4 Å². The Balaban J connectivity index is -0.000000440. The summed E-state index contributed by atoms with van der Waals surface area (Å²) in [5.74, 6) is 0. The Kier molecular flexibility index (Phi) is 24.5. The van der Waals surface area contributed by atoms with Crippen molar-refractivity contribution in [3.8, 4) is 0 Å². The van der Waals surface area contributed by atoms with Crippen molar-refractivity contribution in [2.75, 3.05) is 33.0 Å². The molecule has 100 valence electrons. The fraction of sp³-hybridized carbons (Fsp3) is 1.00. The van der Waals surface area contributed by atoms with Crippen molar-refractivity contribution in [3.05, 3.63) is 0 Å². The molecule has 0 aromatic heterocycles. The van der Waals surface area contributed by atoms with Crippen LogP contribution in [0.4, 0.5) is 0 Å². The first-order valence-electron chi connectivity index (χ1n) is 5.80. The Morgan fingerprint density at radius 3 is 1.00 bits per heavy atom. The molecule has 0 fully saturated rings. The zero-order valence-electron chi connectivity index (χ0n) is 12.1. The van der Waals surface area contributed by atoms with Gasteiger partial charge >= 0.3 is 116 Å². The van der Waals surface area contributed by atoms with Crippen molar-refractivity contribution < 1.29 is 47.0 Å². The molecule has 0 saturated heterocycles. The second kappa shape index (κ2) is 17.6. The van der Waals surface area contributed by atoms with Crippen LogP contribution in [-0.2, 0) is 12.3 Å². The van der Waals surface area contributed by atoms with Crippen LogP contribution >= 0.6 is 0 Å². The van der Waals surface area contributed by atoms with E-state index in [2.05, 4.69) is 0 Å². The van der Waals surface area contributed by atoms with Gasteiger partial charge in [-0.05, 0) is 0 Å². The number of hydrogen-bond acceptors (Lipinski definition) is 5. The van der Waals surface area contributed by atoms with Gasteiger partial charge in [-0.15, -0.1) is 6.61 Å². The molecule has 0 heterocycles. The zero-order valence-corrected chi connectivity index (χ0v) is 16.9. The van der Waals surface area contributed by atoms with Gasteiger partial charge in [-0.3, -0.25) is 0 Å². The summed E-state index contributed by atoms with van der Waals surface area (Å²) >= 11 is -3.56. The maximum Gasteiger partial charge on any atom is 1.00 e. The molecule has 0 atom stereocenters. The quantitative estimate of drug-likeness (QED) is 0.462. The van der Waals surface area contributed by atoms with Gasteiger partial charge < -0.3 is 5.11 Å². The van der Waals surface area contributed by atoms with Crippen LogP contribution in [0.3, 0.4) is 0 Å². The molecule has 0 unspecified atom stereocenters. The molecular formula is C10H25NaO5Sn. The van der Waals surface area contributed by atoms with E-state index in [1.807, 2.05) is 27.7 Å². The van der Waals surface area contributed by atoms with E-state index in [4.69, 9.17) is 17.4 Å². The van der Waals surface area contributed by atoms with Crippen LogP contribution in [0.25, 0.3) is 0 Å². The molecule has 0 aromatic carbocycles. The third kappa shape index (κ3) is 13.8. The summed E-state index contributed by atoms with van der Waals surface area (Å²) < 4.78 is 22.0. The molecule has 7 heteroatoms. The average molecular weight is 367 g/mol. The molecule has 0 spiro atoms. The number of rotatable bonds is 8. The van der Waals surface area contributed by atoms with E-state index < -0.39 is 20.0 Å². The molecule has 0 aliphatic carbocycles. The second-order valence-electron chi connectivity index (χ2n) is 2.52. The zero-order chi connectivity index (χ0) is 12.9. The summed E-state index contributed by atoms with van der Waals surface area (Å²) in [6.45, 7) is 11.6. The summed E-state index contributed by atoms with van der Waals surface area (Å²) in [5.41, 5.74) is 0. The first kappa shape index (κ1) is 23.7. The topological polar surface area (TPSA) is 60.0 Å². The van der Waals surface area contributed by atoms with Crippen molar-refractivity contribution in [2.45, 2.75) is 34.6 Å². The normalized spacial score (nSPS) is 10.2. The van der Waals surface area contributed by atoms with E-state index in [0.717, 1.165) is 0 Å². The largest absolute Gasteiger partial charge is 1.00 e. The molecule has 0 amide bonds. The van der Waals surface area contributed by atoms with Crippen molar-refractivity contribution in [3.63, 3.8) is 0 Å². The van der Waals surface area contributed by atoms with Gasteiger partial charge in [-0.25, -0.2) is 0 Å². The summed E-state index contributed by atoms with van der Waals surface area (Å²) in [6, 6.07) is 0. The predicted molar refractivity (Wildman–Crippen MR) is 62.8 cm³/mol. The third-order valence-electron chi connectivity index (χ3n) is 1.28. The van der Waals surface area contributed by atoms with Gasteiger partial charge in [0, 0.05) is 0 Å².